The van der Waals surface area contributed by atoms with Gasteiger partial charge in [0.15, 0.2) is 0 Å². The van der Waals surface area contributed by atoms with Crippen LogP contribution in [0.4, 0.5) is 0 Å². The van der Waals surface area contributed by atoms with Crippen molar-refractivity contribution in [2.24, 2.45) is 0 Å². The number of rotatable bonds is 4. The third kappa shape index (κ3) is 3.28. The van der Waals surface area contributed by atoms with E-state index in [1.165, 1.54) is 7.11 Å². The summed E-state index contributed by atoms with van der Waals surface area (Å²) in [5.41, 5.74) is 1.14. The number of dihydropyridines is 1. The average molecular weight is 242 g/mol. The highest BCUT2D eigenvalue weighted by Crippen LogP contribution is 2.19. The van der Waals surface area contributed by atoms with Crippen LogP contribution in [-0.4, -0.2) is 30.8 Å². The summed E-state index contributed by atoms with van der Waals surface area (Å²) >= 11 is 0. The molecule has 0 saturated heterocycles. The topological polar surface area (TPSA) is 90.7 Å². The number of esters is 1. The summed E-state index contributed by atoms with van der Waals surface area (Å²) in [6.45, 7) is 3.04. The van der Waals surface area contributed by atoms with Gasteiger partial charge in [0, 0.05) is 11.3 Å². The van der Waals surface area contributed by atoms with Crippen molar-refractivity contribution in [3.63, 3.8) is 0 Å². The molecule has 1 unspecified atom stereocenters. The molecule has 0 aromatic rings. The lowest BCUT2D eigenvalue weighted by molar-refractivity contribution is -0.439. The zero-order chi connectivity index (χ0) is 13.0. The van der Waals surface area contributed by atoms with E-state index in [9.17, 15) is 14.9 Å². The molecule has 0 aromatic carbocycles. The second kappa shape index (κ2) is 5.44. The van der Waals surface area contributed by atoms with Gasteiger partial charge in [-0.25, -0.2) is 4.79 Å². The van der Waals surface area contributed by atoms with Crippen LogP contribution in [-0.2, 0) is 14.3 Å². The molecule has 1 aliphatic rings. The number of carbonyl (C=O) groups excluding carboxylic acids is 1. The van der Waals surface area contributed by atoms with Crippen LogP contribution in [0.2, 0.25) is 0 Å². The van der Waals surface area contributed by atoms with Crippen molar-refractivity contribution in [2.75, 3.05) is 13.7 Å². The molecule has 0 fully saturated rings. The molecule has 1 N–H and O–H groups in total. The molecule has 0 aromatic heterocycles. The van der Waals surface area contributed by atoms with Crippen LogP contribution in [0.5, 0.6) is 0 Å². The van der Waals surface area contributed by atoms with Crippen molar-refractivity contribution >= 4 is 5.97 Å². The molecule has 0 radical (unpaired) electrons. The molecule has 0 aliphatic carbocycles. The SMILES string of the molecule is COC(=O)COC1NC(C)=CC(C)=C1[N+](=O)[O-]. The maximum atomic E-state index is 10.9. The highest BCUT2D eigenvalue weighted by Gasteiger charge is 2.31. The van der Waals surface area contributed by atoms with Gasteiger partial charge in [0.1, 0.15) is 6.61 Å². The van der Waals surface area contributed by atoms with Gasteiger partial charge in [0.25, 0.3) is 5.70 Å². The van der Waals surface area contributed by atoms with Crippen LogP contribution in [0.1, 0.15) is 13.8 Å². The van der Waals surface area contributed by atoms with Crippen molar-refractivity contribution in [1.82, 2.24) is 5.32 Å². The maximum absolute atomic E-state index is 10.9. The van der Waals surface area contributed by atoms with Crippen LogP contribution in [0.25, 0.3) is 0 Å². The Morgan fingerprint density at radius 2 is 2.24 bits per heavy atom. The Hall–Kier alpha value is -1.89. The van der Waals surface area contributed by atoms with Crippen molar-refractivity contribution in [2.45, 2.75) is 20.1 Å². The number of ether oxygens (including phenoxy) is 2. The van der Waals surface area contributed by atoms with Crippen molar-refractivity contribution in [3.05, 3.63) is 33.2 Å². The smallest absolute Gasteiger partial charge is 0.331 e. The quantitative estimate of drug-likeness (QED) is 0.440. The van der Waals surface area contributed by atoms with Gasteiger partial charge < -0.3 is 14.8 Å². The number of hydrogen-bond donors (Lipinski definition) is 1. The minimum absolute atomic E-state index is 0.0977. The Morgan fingerprint density at radius 1 is 1.59 bits per heavy atom. The highest BCUT2D eigenvalue weighted by atomic mass is 16.6. The molecule has 1 rings (SSSR count). The van der Waals surface area contributed by atoms with E-state index in [-0.39, 0.29) is 12.3 Å². The summed E-state index contributed by atoms with van der Waals surface area (Å²) in [6, 6.07) is 0. The van der Waals surface area contributed by atoms with Crippen molar-refractivity contribution < 1.29 is 19.2 Å². The molecule has 94 valence electrons. The van der Waals surface area contributed by atoms with Gasteiger partial charge in [-0.15, -0.1) is 0 Å². The Bertz CT molecular complexity index is 400. The fourth-order valence-corrected chi connectivity index (χ4v) is 1.49. The number of nitrogens with one attached hydrogen (secondary N) is 1. The fraction of sp³-hybridized carbons (Fsp3) is 0.500. The Morgan fingerprint density at radius 3 is 2.76 bits per heavy atom. The summed E-state index contributed by atoms with van der Waals surface area (Å²) in [4.78, 5) is 21.3. The van der Waals surface area contributed by atoms with Crippen LogP contribution in [0.15, 0.2) is 23.0 Å². The monoisotopic (exact) mass is 242 g/mol. The zero-order valence-corrected chi connectivity index (χ0v) is 9.85. The molecular formula is C10H14N2O5. The van der Waals surface area contributed by atoms with Crippen LogP contribution < -0.4 is 5.32 Å². The predicted molar refractivity (Wildman–Crippen MR) is 58.3 cm³/mol. The van der Waals surface area contributed by atoms with Crippen LogP contribution >= 0.6 is 0 Å². The van der Waals surface area contributed by atoms with E-state index in [1.54, 1.807) is 19.9 Å². The molecule has 0 bridgehead atoms. The van der Waals surface area contributed by atoms with E-state index in [1.807, 2.05) is 0 Å². The summed E-state index contributed by atoms with van der Waals surface area (Å²) in [5.74, 6) is -0.584. The van der Waals surface area contributed by atoms with Gasteiger partial charge in [-0.05, 0) is 19.9 Å². The first kappa shape index (κ1) is 13.2. The number of allylic oxidation sites excluding steroid dienone is 3. The van der Waals surface area contributed by atoms with Gasteiger partial charge in [-0.2, -0.15) is 0 Å². The maximum Gasteiger partial charge on any atom is 0.331 e. The minimum atomic E-state index is -0.936. The number of nitro groups is 1. The molecule has 0 saturated carbocycles. The lowest BCUT2D eigenvalue weighted by atomic mass is 10.1. The van der Waals surface area contributed by atoms with Gasteiger partial charge in [-0.1, -0.05) is 0 Å². The number of methoxy groups -OCH3 is 1. The first-order valence-corrected chi connectivity index (χ1v) is 4.94. The third-order valence-corrected chi connectivity index (χ3v) is 2.24. The lowest BCUT2D eigenvalue weighted by Crippen LogP contribution is -2.39. The number of nitrogens with zero attached hydrogens (tertiary/aromatic N) is 1. The predicted octanol–water partition coefficient (Wildman–Crippen LogP) is 0.560. The molecule has 17 heavy (non-hydrogen) atoms. The Balaban J connectivity index is 2.81. The summed E-state index contributed by atoms with van der Waals surface area (Å²) in [7, 11) is 1.22. The molecule has 7 nitrogen and oxygen atoms in total. The first-order chi connectivity index (χ1) is 7.95. The van der Waals surface area contributed by atoms with E-state index in [2.05, 4.69) is 10.1 Å². The second-order valence-electron chi connectivity index (χ2n) is 3.56. The molecular weight excluding hydrogens is 228 g/mol. The highest BCUT2D eigenvalue weighted by molar-refractivity contribution is 5.70. The third-order valence-electron chi connectivity index (χ3n) is 2.24. The normalized spacial score (nSPS) is 19.5. The van der Waals surface area contributed by atoms with Gasteiger partial charge in [-0.3, -0.25) is 10.1 Å². The molecule has 1 heterocycles. The van der Waals surface area contributed by atoms with Gasteiger partial charge >= 0.3 is 5.97 Å². The minimum Gasteiger partial charge on any atom is -0.467 e. The van der Waals surface area contributed by atoms with E-state index in [0.29, 0.717) is 5.57 Å². The number of hydrogen-bond acceptors (Lipinski definition) is 6. The second-order valence-corrected chi connectivity index (χ2v) is 3.56. The molecule has 0 spiro atoms. The summed E-state index contributed by atoms with van der Waals surface area (Å²) in [6.07, 6.45) is 0.713. The lowest BCUT2D eigenvalue weighted by Gasteiger charge is -2.22. The average Bonchev–Trinajstić information content (AvgIpc) is 2.24. The molecule has 1 aliphatic heterocycles. The molecule has 7 heteroatoms. The van der Waals surface area contributed by atoms with E-state index in [0.717, 1.165) is 5.70 Å². The standard InChI is InChI=1S/C10H14N2O5/c1-6-4-7(2)11-10(9(6)12(14)15)17-5-8(13)16-3/h4,10-11H,5H2,1-3H3. The van der Waals surface area contributed by atoms with Crippen molar-refractivity contribution in [3.8, 4) is 0 Å². The van der Waals surface area contributed by atoms with E-state index < -0.39 is 17.1 Å². The molecule has 1 atom stereocenters. The van der Waals surface area contributed by atoms with Gasteiger partial charge in [0.05, 0.1) is 12.0 Å². The summed E-state index contributed by atoms with van der Waals surface area (Å²) in [5, 5.41) is 13.7. The summed E-state index contributed by atoms with van der Waals surface area (Å²) < 4.78 is 9.52. The zero-order valence-electron chi connectivity index (χ0n) is 9.85. The Labute approximate surface area is 98.2 Å². The van der Waals surface area contributed by atoms with Crippen LogP contribution in [0, 0.1) is 10.1 Å². The van der Waals surface area contributed by atoms with E-state index >= 15 is 0 Å². The van der Waals surface area contributed by atoms with Crippen LogP contribution in [0.3, 0.4) is 0 Å². The Kier molecular flexibility index (Phi) is 4.22. The number of carbonyl (C=O) groups is 1. The van der Waals surface area contributed by atoms with Gasteiger partial charge in [0.2, 0.25) is 6.23 Å². The first-order valence-electron chi connectivity index (χ1n) is 4.94. The largest absolute Gasteiger partial charge is 0.467 e. The van der Waals surface area contributed by atoms with Crippen molar-refractivity contribution in [1.29, 1.82) is 0 Å². The molecule has 0 amide bonds. The fourth-order valence-electron chi connectivity index (χ4n) is 1.49. The van der Waals surface area contributed by atoms with E-state index in [4.69, 9.17) is 4.74 Å².